The summed E-state index contributed by atoms with van der Waals surface area (Å²) in [6, 6.07) is 0. The van der Waals surface area contributed by atoms with E-state index in [-0.39, 0.29) is 6.17 Å². The average Bonchev–Trinajstić information content (AvgIpc) is 2.08. The Morgan fingerprint density at radius 1 is 1.46 bits per heavy atom. The normalized spacial score (nSPS) is 22.2. The van der Waals surface area contributed by atoms with E-state index in [2.05, 4.69) is 16.8 Å². The quantitative estimate of drug-likeness (QED) is 0.690. The third kappa shape index (κ3) is 3.03. The highest BCUT2D eigenvalue weighted by Crippen LogP contribution is 2.05. The molecule has 1 aliphatic carbocycles. The largest absolute Gasteiger partial charge is 0.399 e. The van der Waals surface area contributed by atoms with Crippen LogP contribution in [-0.2, 0) is 0 Å². The molecule has 1 atom stereocenters. The molecule has 3 nitrogen and oxygen atoms in total. The van der Waals surface area contributed by atoms with Gasteiger partial charge in [0, 0.05) is 17.8 Å². The smallest absolute Gasteiger partial charge is 0.0989 e. The number of nitrogens with zero attached hydrogens (tertiary/aromatic N) is 2. The van der Waals surface area contributed by atoms with Crippen LogP contribution in [0.3, 0.4) is 0 Å². The highest BCUT2D eigenvalue weighted by molar-refractivity contribution is 5.97. The van der Waals surface area contributed by atoms with E-state index in [1.54, 1.807) is 0 Å². The SMILES string of the molecule is CC(N=C1C=CC(N)=CC1)N(C)C. The Bertz CT molecular complexity index is 261. The Morgan fingerprint density at radius 2 is 2.15 bits per heavy atom. The fourth-order valence-corrected chi connectivity index (χ4v) is 1.00. The van der Waals surface area contributed by atoms with Gasteiger partial charge in [-0.05, 0) is 33.2 Å². The standard InChI is InChI=1S/C10H17N3/c1-8(13(2)3)12-10-6-4-9(11)5-7-10/h4-6,8H,7,11H2,1-3H3. The second-order valence-corrected chi connectivity index (χ2v) is 3.46. The van der Waals surface area contributed by atoms with Gasteiger partial charge in [0.1, 0.15) is 0 Å². The lowest BCUT2D eigenvalue weighted by atomic mass is 10.1. The molecule has 1 unspecified atom stereocenters. The van der Waals surface area contributed by atoms with Gasteiger partial charge in [0.2, 0.25) is 0 Å². The molecule has 0 aliphatic heterocycles. The summed E-state index contributed by atoms with van der Waals surface area (Å²) < 4.78 is 0. The Balaban J connectivity index is 2.60. The first-order chi connectivity index (χ1) is 6.09. The molecule has 2 N–H and O–H groups in total. The van der Waals surface area contributed by atoms with Gasteiger partial charge < -0.3 is 5.73 Å². The lowest BCUT2D eigenvalue weighted by Gasteiger charge is -2.16. The Morgan fingerprint density at radius 3 is 2.62 bits per heavy atom. The van der Waals surface area contributed by atoms with Crippen LogP contribution < -0.4 is 5.73 Å². The molecule has 0 fully saturated rings. The van der Waals surface area contributed by atoms with Crippen molar-refractivity contribution in [1.82, 2.24) is 4.90 Å². The first kappa shape index (κ1) is 9.99. The summed E-state index contributed by atoms with van der Waals surface area (Å²) >= 11 is 0. The molecule has 3 heteroatoms. The van der Waals surface area contributed by atoms with Crippen molar-refractivity contribution in [3.63, 3.8) is 0 Å². The van der Waals surface area contributed by atoms with Gasteiger partial charge in [0.15, 0.2) is 0 Å². The van der Waals surface area contributed by atoms with E-state index in [9.17, 15) is 0 Å². The van der Waals surface area contributed by atoms with E-state index in [1.807, 2.05) is 32.3 Å². The molecule has 72 valence electrons. The van der Waals surface area contributed by atoms with Crippen molar-refractivity contribution >= 4 is 5.71 Å². The van der Waals surface area contributed by atoms with Crippen LogP contribution in [0.5, 0.6) is 0 Å². The van der Waals surface area contributed by atoms with Crippen LogP contribution in [0.1, 0.15) is 13.3 Å². The van der Waals surface area contributed by atoms with Crippen LogP contribution in [0.25, 0.3) is 0 Å². The Labute approximate surface area is 79.6 Å². The zero-order valence-electron chi connectivity index (χ0n) is 8.49. The molecule has 0 spiro atoms. The van der Waals surface area contributed by atoms with Crippen molar-refractivity contribution in [3.05, 3.63) is 23.9 Å². The minimum absolute atomic E-state index is 0.229. The summed E-state index contributed by atoms with van der Waals surface area (Å²) in [6.07, 6.45) is 6.94. The van der Waals surface area contributed by atoms with Gasteiger partial charge in [0.05, 0.1) is 6.17 Å². The van der Waals surface area contributed by atoms with Crippen LogP contribution in [0.2, 0.25) is 0 Å². The van der Waals surface area contributed by atoms with Crippen molar-refractivity contribution in [2.75, 3.05) is 14.1 Å². The zero-order valence-corrected chi connectivity index (χ0v) is 8.49. The van der Waals surface area contributed by atoms with E-state index in [1.165, 1.54) is 0 Å². The highest BCUT2D eigenvalue weighted by atomic mass is 15.2. The van der Waals surface area contributed by atoms with E-state index < -0.39 is 0 Å². The summed E-state index contributed by atoms with van der Waals surface area (Å²) in [7, 11) is 4.04. The molecule has 0 heterocycles. The highest BCUT2D eigenvalue weighted by Gasteiger charge is 2.04. The fraction of sp³-hybridized carbons (Fsp3) is 0.500. The van der Waals surface area contributed by atoms with Crippen molar-refractivity contribution in [2.45, 2.75) is 19.5 Å². The number of nitrogens with two attached hydrogens (primary N) is 1. The van der Waals surface area contributed by atoms with Crippen LogP contribution in [0, 0.1) is 0 Å². The minimum atomic E-state index is 0.229. The summed E-state index contributed by atoms with van der Waals surface area (Å²) in [6.45, 7) is 2.07. The van der Waals surface area contributed by atoms with Crippen molar-refractivity contribution in [1.29, 1.82) is 0 Å². The molecule has 0 aromatic carbocycles. The van der Waals surface area contributed by atoms with Gasteiger partial charge in [-0.15, -0.1) is 0 Å². The zero-order chi connectivity index (χ0) is 9.84. The minimum Gasteiger partial charge on any atom is -0.399 e. The van der Waals surface area contributed by atoms with Crippen molar-refractivity contribution in [2.24, 2.45) is 10.7 Å². The predicted molar refractivity (Wildman–Crippen MR) is 56.6 cm³/mol. The molecule has 1 rings (SSSR count). The van der Waals surface area contributed by atoms with E-state index in [0.717, 1.165) is 17.8 Å². The number of allylic oxidation sites excluding steroid dienone is 3. The lowest BCUT2D eigenvalue weighted by molar-refractivity contribution is 0.324. The van der Waals surface area contributed by atoms with Crippen molar-refractivity contribution in [3.8, 4) is 0 Å². The van der Waals surface area contributed by atoms with Crippen molar-refractivity contribution < 1.29 is 0 Å². The van der Waals surface area contributed by atoms with E-state index in [4.69, 9.17) is 5.73 Å². The molecule has 0 aromatic heterocycles. The summed E-state index contributed by atoms with van der Waals surface area (Å²) in [5, 5.41) is 0. The van der Waals surface area contributed by atoms with E-state index >= 15 is 0 Å². The van der Waals surface area contributed by atoms with Gasteiger partial charge in [0.25, 0.3) is 0 Å². The lowest BCUT2D eigenvalue weighted by Crippen LogP contribution is -2.23. The van der Waals surface area contributed by atoms with Gasteiger partial charge >= 0.3 is 0 Å². The van der Waals surface area contributed by atoms with Crippen LogP contribution in [0.15, 0.2) is 28.9 Å². The second kappa shape index (κ2) is 4.23. The van der Waals surface area contributed by atoms with E-state index in [0.29, 0.717) is 0 Å². The van der Waals surface area contributed by atoms with Crippen LogP contribution >= 0.6 is 0 Å². The number of hydrogen-bond donors (Lipinski definition) is 1. The second-order valence-electron chi connectivity index (χ2n) is 3.46. The fourth-order valence-electron chi connectivity index (χ4n) is 1.00. The maximum absolute atomic E-state index is 5.60. The van der Waals surface area contributed by atoms with Crippen LogP contribution in [0.4, 0.5) is 0 Å². The molecular formula is C10H17N3. The predicted octanol–water partition coefficient (Wildman–Crippen LogP) is 1.14. The molecule has 1 aliphatic rings. The molecule has 0 saturated heterocycles. The van der Waals surface area contributed by atoms with Gasteiger partial charge in [-0.2, -0.15) is 0 Å². The van der Waals surface area contributed by atoms with Gasteiger partial charge in [-0.25, -0.2) is 0 Å². The average molecular weight is 179 g/mol. The molecule has 0 radical (unpaired) electrons. The van der Waals surface area contributed by atoms with Crippen LogP contribution in [-0.4, -0.2) is 30.9 Å². The third-order valence-corrected chi connectivity index (χ3v) is 2.12. The topological polar surface area (TPSA) is 41.6 Å². The number of aliphatic imine (C=N–C) groups is 1. The maximum Gasteiger partial charge on any atom is 0.0989 e. The summed E-state index contributed by atoms with van der Waals surface area (Å²) in [5.74, 6) is 0. The molecule has 13 heavy (non-hydrogen) atoms. The molecular weight excluding hydrogens is 162 g/mol. The molecule has 0 saturated carbocycles. The maximum atomic E-state index is 5.60. The monoisotopic (exact) mass is 179 g/mol. The van der Waals surface area contributed by atoms with Gasteiger partial charge in [-0.1, -0.05) is 6.08 Å². The first-order valence-corrected chi connectivity index (χ1v) is 4.46. The summed E-state index contributed by atoms with van der Waals surface area (Å²) in [4.78, 5) is 6.60. The Hall–Kier alpha value is -1.09. The number of rotatable bonds is 2. The number of hydrogen-bond acceptors (Lipinski definition) is 3. The Kier molecular flexibility index (Phi) is 3.25. The molecule has 0 aromatic rings. The molecule has 0 bridgehead atoms. The third-order valence-electron chi connectivity index (χ3n) is 2.12. The first-order valence-electron chi connectivity index (χ1n) is 4.46. The summed E-state index contributed by atoms with van der Waals surface area (Å²) in [5.41, 5.74) is 7.52. The molecule has 0 amide bonds. The van der Waals surface area contributed by atoms with Gasteiger partial charge in [-0.3, -0.25) is 9.89 Å².